The summed E-state index contributed by atoms with van der Waals surface area (Å²) >= 11 is 0. The molecule has 0 aliphatic rings. The van der Waals surface area contributed by atoms with Crippen molar-refractivity contribution >= 4 is 6.03 Å². The van der Waals surface area contributed by atoms with E-state index in [-0.39, 0.29) is 11.4 Å². The molecule has 4 nitrogen and oxygen atoms in total. The van der Waals surface area contributed by atoms with E-state index in [1.54, 1.807) is 7.11 Å². The first kappa shape index (κ1) is 16.3. The van der Waals surface area contributed by atoms with Crippen LogP contribution in [-0.4, -0.2) is 19.7 Å². The smallest absolute Gasteiger partial charge is 0.315 e. The van der Waals surface area contributed by atoms with Gasteiger partial charge in [-0.05, 0) is 42.0 Å². The molecule has 4 heteroatoms. The highest BCUT2D eigenvalue weighted by molar-refractivity contribution is 5.73. The van der Waals surface area contributed by atoms with E-state index in [0.29, 0.717) is 13.1 Å². The fourth-order valence-corrected chi connectivity index (χ4v) is 1.84. The number of hydrogen-bond donors (Lipinski definition) is 2. The lowest BCUT2D eigenvalue weighted by Crippen LogP contribution is -2.39. The van der Waals surface area contributed by atoms with Gasteiger partial charge in [-0.1, -0.05) is 26.8 Å². The molecule has 1 aromatic rings. The fourth-order valence-electron chi connectivity index (χ4n) is 1.84. The Morgan fingerprint density at radius 2 is 1.80 bits per heavy atom. The van der Waals surface area contributed by atoms with Crippen LogP contribution in [0, 0.1) is 19.3 Å². The van der Waals surface area contributed by atoms with Crippen molar-refractivity contribution in [3.05, 3.63) is 28.8 Å². The van der Waals surface area contributed by atoms with Crippen LogP contribution in [0.2, 0.25) is 0 Å². The molecule has 20 heavy (non-hydrogen) atoms. The minimum atomic E-state index is -0.132. The SMILES string of the molecule is COc1cc(C)c(CNC(=O)NCC(C)(C)C)cc1C. The van der Waals surface area contributed by atoms with Crippen molar-refractivity contribution in [2.45, 2.75) is 41.2 Å². The Hall–Kier alpha value is -1.71. The number of hydrogen-bond acceptors (Lipinski definition) is 2. The second kappa shape index (κ2) is 6.64. The predicted octanol–water partition coefficient (Wildman–Crippen LogP) is 3.16. The molecule has 0 aromatic heterocycles. The molecule has 0 radical (unpaired) electrons. The van der Waals surface area contributed by atoms with Gasteiger partial charge in [-0.15, -0.1) is 0 Å². The second-order valence-electron chi connectivity index (χ2n) is 6.35. The van der Waals surface area contributed by atoms with Crippen molar-refractivity contribution in [3.63, 3.8) is 0 Å². The number of ether oxygens (including phenoxy) is 1. The minimum Gasteiger partial charge on any atom is -0.496 e. The monoisotopic (exact) mass is 278 g/mol. The van der Waals surface area contributed by atoms with Gasteiger partial charge in [0.2, 0.25) is 0 Å². The molecule has 1 rings (SSSR count). The first-order valence-electron chi connectivity index (χ1n) is 6.89. The molecule has 0 unspecified atom stereocenters. The van der Waals surface area contributed by atoms with Crippen molar-refractivity contribution < 1.29 is 9.53 Å². The summed E-state index contributed by atoms with van der Waals surface area (Å²) in [5.74, 6) is 0.878. The maximum atomic E-state index is 11.7. The fraction of sp³-hybridized carbons (Fsp3) is 0.562. The normalized spacial score (nSPS) is 11.1. The summed E-state index contributed by atoms with van der Waals surface area (Å²) in [5, 5.41) is 5.76. The summed E-state index contributed by atoms with van der Waals surface area (Å²) in [6, 6.07) is 3.92. The van der Waals surface area contributed by atoms with E-state index in [1.165, 1.54) is 0 Å². The van der Waals surface area contributed by atoms with E-state index < -0.39 is 0 Å². The molecule has 112 valence electrons. The van der Waals surface area contributed by atoms with E-state index in [1.807, 2.05) is 19.9 Å². The lowest BCUT2D eigenvalue weighted by atomic mass is 9.97. The Bertz CT molecular complexity index is 476. The highest BCUT2D eigenvalue weighted by Crippen LogP contribution is 2.22. The number of nitrogens with one attached hydrogen (secondary N) is 2. The summed E-state index contributed by atoms with van der Waals surface area (Å²) in [6.45, 7) is 11.5. The zero-order chi connectivity index (χ0) is 15.3. The Kier molecular flexibility index (Phi) is 5.43. The van der Waals surface area contributed by atoms with Gasteiger partial charge in [0.05, 0.1) is 7.11 Å². The average Bonchev–Trinajstić information content (AvgIpc) is 2.36. The van der Waals surface area contributed by atoms with E-state index in [2.05, 4.69) is 37.5 Å². The molecule has 0 fully saturated rings. The van der Waals surface area contributed by atoms with Gasteiger partial charge in [-0.25, -0.2) is 4.79 Å². The van der Waals surface area contributed by atoms with Crippen LogP contribution in [0.4, 0.5) is 4.79 Å². The van der Waals surface area contributed by atoms with Gasteiger partial charge in [0.15, 0.2) is 0 Å². The molecule has 0 bridgehead atoms. The number of carbonyl (C=O) groups excluding carboxylic acids is 1. The molecule has 0 spiro atoms. The number of benzene rings is 1. The molecule has 0 saturated carbocycles. The van der Waals surface area contributed by atoms with Crippen LogP contribution in [0.3, 0.4) is 0 Å². The van der Waals surface area contributed by atoms with Crippen molar-refractivity contribution in [1.29, 1.82) is 0 Å². The second-order valence-corrected chi connectivity index (χ2v) is 6.35. The maximum Gasteiger partial charge on any atom is 0.315 e. The number of urea groups is 1. The van der Waals surface area contributed by atoms with Crippen LogP contribution in [0.5, 0.6) is 5.75 Å². The first-order chi connectivity index (χ1) is 9.23. The average molecular weight is 278 g/mol. The zero-order valence-corrected chi connectivity index (χ0v) is 13.4. The van der Waals surface area contributed by atoms with Gasteiger partial charge in [-0.3, -0.25) is 0 Å². The van der Waals surface area contributed by atoms with E-state index in [0.717, 1.165) is 22.4 Å². The van der Waals surface area contributed by atoms with Crippen LogP contribution in [-0.2, 0) is 6.54 Å². The molecular formula is C16H26N2O2. The number of methoxy groups -OCH3 is 1. The Balaban J connectivity index is 2.58. The summed E-state index contributed by atoms with van der Waals surface area (Å²) in [5.41, 5.74) is 3.38. The molecule has 0 heterocycles. The highest BCUT2D eigenvalue weighted by Gasteiger charge is 2.12. The molecule has 2 N–H and O–H groups in total. The van der Waals surface area contributed by atoms with Gasteiger partial charge in [0, 0.05) is 13.1 Å². The topological polar surface area (TPSA) is 50.4 Å². The van der Waals surface area contributed by atoms with Gasteiger partial charge in [0.25, 0.3) is 0 Å². The standard InChI is InChI=1S/C16H26N2O2/c1-11-8-14(20-6)12(2)7-13(11)9-17-15(19)18-10-16(3,4)5/h7-8H,9-10H2,1-6H3,(H2,17,18,19). The summed E-state index contributed by atoms with van der Waals surface area (Å²) in [7, 11) is 1.67. The van der Waals surface area contributed by atoms with Crippen LogP contribution >= 0.6 is 0 Å². The Labute approximate surface area is 121 Å². The van der Waals surface area contributed by atoms with Gasteiger partial charge in [0.1, 0.15) is 5.75 Å². The minimum absolute atomic E-state index is 0.0873. The van der Waals surface area contributed by atoms with Crippen molar-refractivity contribution in [3.8, 4) is 5.75 Å². The Morgan fingerprint density at radius 3 is 2.35 bits per heavy atom. The van der Waals surface area contributed by atoms with Crippen LogP contribution in [0.15, 0.2) is 12.1 Å². The van der Waals surface area contributed by atoms with Gasteiger partial charge in [-0.2, -0.15) is 0 Å². The number of carbonyl (C=O) groups is 1. The quantitative estimate of drug-likeness (QED) is 0.889. The third kappa shape index (κ3) is 5.11. The first-order valence-corrected chi connectivity index (χ1v) is 6.89. The number of rotatable bonds is 4. The van der Waals surface area contributed by atoms with Crippen molar-refractivity contribution in [2.24, 2.45) is 5.41 Å². The van der Waals surface area contributed by atoms with Crippen LogP contribution in [0.1, 0.15) is 37.5 Å². The lowest BCUT2D eigenvalue weighted by molar-refractivity contribution is 0.235. The largest absolute Gasteiger partial charge is 0.496 e. The molecule has 2 amide bonds. The van der Waals surface area contributed by atoms with E-state index >= 15 is 0 Å². The number of amides is 2. The molecule has 0 saturated heterocycles. The van der Waals surface area contributed by atoms with Gasteiger partial charge >= 0.3 is 6.03 Å². The third-order valence-electron chi connectivity index (χ3n) is 3.07. The van der Waals surface area contributed by atoms with Crippen molar-refractivity contribution in [1.82, 2.24) is 10.6 Å². The molecule has 0 atom stereocenters. The lowest BCUT2D eigenvalue weighted by Gasteiger charge is -2.19. The third-order valence-corrected chi connectivity index (χ3v) is 3.07. The summed E-state index contributed by atoms with van der Waals surface area (Å²) < 4.78 is 5.28. The van der Waals surface area contributed by atoms with E-state index in [4.69, 9.17) is 4.74 Å². The summed E-state index contributed by atoms with van der Waals surface area (Å²) in [6.07, 6.45) is 0. The van der Waals surface area contributed by atoms with Crippen LogP contribution in [0.25, 0.3) is 0 Å². The van der Waals surface area contributed by atoms with Gasteiger partial charge < -0.3 is 15.4 Å². The molecular weight excluding hydrogens is 252 g/mol. The predicted molar refractivity (Wildman–Crippen MR) is 82.2 cm³/mol. The molecule has 0 aliphatic heterocycles. The van der Waals surface area contributed by atoms with Crippen molar-refractivity contribution in [2.75, 3.05) is 13.7 Å². The summed E-state index contributed by atoms with van der Waals surface area (Å²) in [4.78, 5) is 11.7. The van der Waals surface area contributed by atoms with Crippen LogP contribution < -0.4 is 15.4 Å². The molecule has 0 aliphatic carbocycles. The maximum absolute atomic E-state index is 11.7. The zero-order valence-electron chi connectivity index (χ0n) is 13.4. The molecule has 1 aromatic carbocycles. The number of aryl methyl sites for hydroxylation is 2. The van der Waals surface area contributed by atoms with E-state index in [9.17, 15) is 4.79 Å². The Morgan fingerprint density at radius 1 is 1.15 bits per heavy atom. The highest BCUT2D eigenvalue weighted by atomic mass is 16.5.